The van der Waals surface area contributed by atoms with E-state index in [1.807, 2.05) is 0 Å². The van der Waals surface area contributed by atoms with Crippen LogP contribution in [0, 0.1) is 17.0 Å². The largest absolute Gasteiger partial charge is 0.444 e. The monoisotopic (exact) mass is 286 g/mol. The van der Waals surface area contributed by atoms with Gasteiger partial charge in [-0.25, -0.2) is 4.79 Å². The Labute approximate surface area is 115 Å². The Morgan fingerprint density at radius 3 is 2.47 bits per heavy atom. The molecule has 6 nitrogen and oxygen atoms in total. The van der Waals surface area contributed by atoms with E-state index in [1.54, 1.807) is 27.7 Å². The molecular weight excluding hydrogens is 272 g/mol. The average molecular weight is 287 g/mol. The summed E-state index contributed by atoms with van der Waals surface area (Å²) in [5.41, 5.74) is -0.207. The van der Waals surface area contributed by atoms with Gasteiger partial charge in [-0.2, -0.15) is 0 Å². The van der Waals surface area contributed by atoms with Gasteiger partial charge in [0.15, 0.2) is 0 Å². The van der Waals surface area contributed by atoms with E-state index in [1.165, 1.54) is 12.1 Å². The third-order valence-corrected chi connectivity index (χ3v) is 2.43. The molecule has 0 saturated carbocycles. The summed E-state index contributed by atoms with van der Waals surface area (Å²) >= 11 is 5.93. The van der Waals surface area contributed by atoms with Crippen molar-refractivity contribution in [2.75, 3.05) is 5.32 Å². The van der Waals surface area contributed by atoms with Crippen molar-refractivity contribution in [2.24, 2.45) is 0 Å². The van der Waals surface area contributed by atoms with Crippen LogP contribution >= 0.6 is 11.6 Å². The maximum atomic E-state index is 11.6. The lowest BCUT2D eigenvalue weighted by molar-refractivity contribution is -0.385. The number of ether oxygens (including phenoxy) is 1. The van der Waals surface area contributed by atoms with Crippen LogP contribution in [0.2, 0.25) is 5.02 Å². The highest BCUT2D eigenvalue weighted by Gasteiger charge is 2.19. The van der Waals surface area contributed by atoms with E-state index < -0.39 is 16.6 Å². The first-order valence-electron chi connectivity index (χ1n) is 5.54. The van der Waals surface area contributed by atoms with Gasteiger partial charge in [0.1, 0.15) is 5.60 Å². The van der Waals surface area contributed by atoms with Crippen LogP contribution in [0.25, 0.3) is 0 Å². The fourth-order valence-electron chi connectivity index (χ4n) is 1.37. The van der Waals surface area contributed by atoms with Gasteiger partial charge in [0.05, 0.1) is 15.6 Å². The highest BCUT2D eigenvalue weighted by molar-refractivity contribution is 6.33. The zero-order valence-electron chi connectivity index (χ0n) is 11.1. The number of hydrogen-bond acceptors (Lipinski definition) is 4. The number of halogens is 1. The molecule has 0 radical (unpaired) electrons. The number of anilines is 1. The topological polar surface area (TPSA) is 81.5 Å². The van der Waals surface area contributed by atoms with Crippen LogP contribution in [0.15, 0.2) is 12.1 Å². The van der Waals surface area contributed by atoms with E-state index in [0.717, 1.165) is 0 Å². The molecule has 0 aromatic heterocycles. The number of hydrogen-bond donors (Lipinski definition) is 1. The van der Waals surface area contributed by atoms with Crippen molar-refractivity contribution in [1.82, 2.24) is 0 Å². The van der Waals surface area contributed by atoms with Gasteiger partial charge in [0, 0.05) is 11.6 Å². The van der Waals surface area contributed by atoms with Crippen LogP contribution in [0.1, 0.15) is 26.3 Å². The predicted octanol–water partition coefficient (Wildman–Crippen LogP) is 3.90. The first kappa shape index (κ1) is 15.2. The van der Waals surface area contributed by atoms with Crippen molar-refractivity contribution >= 4 is 29.1 Å². The van der Waals surface area contributed by atoms with Crippen LogP contribution < -0.4 is 5.32 Å². The standard InChI is InChI=1S/C12H15ClN2O4/c1-7-5-8(13)9(6-10(7)15(17)18)14-11(16)19-12(2,3)4/h5-6H,1-4H3,(H,14,16). The number of amides is 1. The number of benzene rings is 1. The summed E-state index contributed by atoms with van der Waals surface area (Å²) in [6.07, 6.45) is -0.715. The first-order chi connectivity index (χ1) is 8.60. The number of aryl methyl sites for hydroxylation is 1. The van der Waals surface area contributed by atoms with Gasteiger partial charge >= 0.3 is 6.09 Å². The second kappa shape index (κ2) is 5.44. The summed E-state index contributed by atoms with van der Waals surface area (Å²) in [6, 6.07) is 2.63. The maximum absolute atomic E-state index is 11.6. The molecule has 0 saturated heterocycles. The van der Waals surface area contributed by atoms with E-state index in [9.17, 15) is 14.9 Å². The van der Waals surface area contributed by atoms with Crippen LogP contribution in [-0.4, -0.2) is 16.6 Å². The lowest BCUT2D eigenvalue weighted by atomic mass is 10.2. The quantitative estimate of drug-likeness (QED) is 0.660. The average Bonchev–Trinajstić information content (AvgIpc) is 2.18. The molecule has 7 heteroatoms. The van der Waals surface area contributed by atoms with Gasteiger partial charge < -0.3 is 4.74 Å². The van der Waals surface area contributed by atoms with Gasteiger partial charge in [0.25, 0.3) is 5.69 Å². The van der Waals surface area contributed by atoms with Crippen LogP contribution in [0.3, 0.4) is 0 Å². The molecule has 0 spiro atoms. The Morgan fingerprint density at radius 2 is 2.00 bits per heavy atom. The van der Waals surface area contributed by atoms with Gasteiger partial charge in [0.2, 0.25) is 0 Å². The highest BCUT2D eigenvalue weighted by atomic mass is 35.5. The minimum atomic E-state index is -0.715. The molecule has 19 heavy (non-hydrogen) atoms. The van der Waals surface area contributed by atoms with E-state index in [-0.39, 0.29) is 16.4 Å². The first-order valence-corrected chi connectivity index (χ1v) is 5.92. The van der Waals surface area contributed by atoms with E-state index in [2.05, 4.69) is 5.32 Å². The predicted molar refractivity (Wildman–Crippen MR) is 72.7 cm³/mol. The van der Waals surface area contributed by atoms with Crippen molar-refractivity contribution in [1.29, 1.82) is 0 Å². The molecule has 0 heterocycles. The molecule has 0 atom stereocenters. The minimum Gasteiger partial charge on any atom is -0.444 e. The Kier molecular flexibility index (Phi) is 4.36. The number of nitrogens with zero attached hydrogens (tertiary/aromatic N) is 1. The lowest BCUT2D eigenvalue weighted by Crippen LogP contribution is -2.27. The number of rotatable bonds is 2. The Hall–Kier alpha value is -1.82. The minimum absolute atomic E-state index is 0.115. The molecule has 0 unspecified atom stereocenters. The number of nitro benzene ring substituents is 1. The second-order valence-electron chi connectivity index (χ2n) is 5.00. The van der Waals surface area contributed by atoms with Crippen molar-refractivity contribution in [2.45, 2.75) is 33.3 Å². The molecule has 104 valence electrons. The van der Waals surface area contributed by atoms with E-state index >= 15 is 0 Å². The molecule has 0 fully saturated rings. The SMILES string of the molecule is Cc1cc(Cl)c(NC(=O)OC(C)(C)C)cc1[N+](=O)[O-]. The molecule has 0 aliphatic carbocycles. The Balaban J connectivity index is 2.99. The molecular formula is C12H15ClN2O4. The fraction of sp³-hybridized carbons (Fsp3) is 0.417. The summed E-state index contributed by atoms with van der Waals surface area (Å²) in [7, 11) is 0. The fourth-order valence-corrected chi connectivity index (χ4v) is 1.63. The molecule has 0 aliphatic heterocycles. The van der Waals surface area contributed by atoms with Crippen molar-refractivity contribution < 1.29 is 14.5 Å². The number of nitro groups is 1. The zero-order valence-corrected chi connectivity index (χ0v) is 11.9. The Bertz CT molecular complexity index is 523. The molecule has 1 rings (SSSR count). The van der Waals surface area contributed by atoms with Gasteiger partial charge in [-0.05, 0) is 33.8 Å². The van der Waals surface area contributed by atoms with Crippen LogP contribution in [0.5, 0.6) is 0 Å². The van der Waals surface area contributed by atoms with Crippen molar-refractivity contribution in [3.05, 3.63) is 32.8 Å². The summed E-state index contributed by atoms with van der Waals surface area (Å²) in [6.45, 7) is 6.71. The zero-order chi connectivity index (χ0) is 14.8. The summed E-state index contributed by atoms with van der Waals surface area (Å²) in [5, 5.41) is 13.4. The van der Waals surface area contributed by atoms with Gasteiger partial charge in [-0.1, -0.05) is 11.6 Å². The van der Waals surface area contributed by atoms with E-state index in [4.69, 9.17) is 16.3 Å². The highest BCUT2D eigenvalue weighted by Crippen LogP contribution is 2.30. The maximum Gasteiger partial charge on any atom is 0.412 e. The molecule has 1 aromatic rings. The lowest BCUT2D eigenvalue weighted by Gasteiger charge is -2.20. The molecule has 1 N–H and O–H groups in total. The molecule has 0 bridgehead atoms. The Morgan fingerprint density at radius 1 is 1.42 bits per heavy atom. The summed E-state index contributed by atoms with van der Waals surface area (Å²) in [5.74, 6) is 0. The van der Waals surface area contributed by atoms with Crippen molar-refractivity contribution in [3.8, 4) is 0 Å². The third-order valence-electron chi connectivity index (χ3n) is 2.12. The number of carbonyl (C=O) groups is 1. The number of carbonyl (C=O) groups excluding carboxylic acids is 1. The van der Waals surface area contributed by atoms with Gasteiger partial charge in [-0.15, -0.1) is 0 Å². The van der Waals surface area contributed by atoms with E-state index in [0.29, 0.717) is 5.56 Å². The van der Waals surface area contributed by atoms with Gasteiger partial charge in [-0.3, -0.25) is 15.4 Å². The molecule has 1 aromatic carbocycles. The smallest absolute Gasteiger partial charge is 0.412 e. The molecule has 1 amide bonds. The number of nitrogens with one attached hydrogen (secondary N) is 1. The second-order valence-corrected chi connectivity index (χ2v) is 5.41. The summed E-state index contributed by atoms with van der Waals surface area (Å²) in [4.78, 5) is 21.9. The summed E-state index contributed by atoms with van der Waals surface area (Å²) < 4.78 is 5.05. The normalized spacial score (nSPS) is 11.0. The van der Waals surface area contributed by atoms with Crippen LogP contribution in [-0.2, 0) is 4.74 Å². The van der Waals surface area contributed by atoms with Crippen molar-refractivity contribution in [3.63, 3.8) is 0 Å². The van der Waals surface area contributed by atoms with Crippen LogP contribution in [0.4, 0.5) is 16.2 Å². The molecule has 0 aliphatic rings. The third kappa shape index (κ3) is 4.40.